The molecule has 0 unspecified atom stereocenters. The molecular weight excluding hydrogens is 391 g/mol. The summed E-state index contributed by atoms with van der Waals surface area (Å²) in [5, 5.41) is 2.88. The Labute approximate surface area is 172 Å². The Hall–Kier alpha value is -2.41. The highest BCUT2D eigenvalue weighted by Crippen LogP contribution is 2.26. The fourth-order valence-electron chi connectivity index (χ4n) is 3.85. The van der Waals surface area contributed by atoms with Gasteiger partial charge in [-0.25, -0.2) is 12.8 Å². The lowest BCUT2D eigenvalue weighted by atomic mass is 9.89. The van der Waals surface area contributed by atoms with Gasteiger partial charge in [-0.1, -0.05) is 30.3 Å². The molecule has 0 saturated heterocycles. The van der Waals surface area contributed by atoms with Crippen LogP contribution in [0.15, 0.2) is 42.5 Å². The summed E-state index contributed by atoms with van der Waals surface area (Å²) in [6.07, 6.45) is 5.46. The first-order valence-electron chi connectivity index (χ1n) is 9.84. The predicted octanol–water partition coefficient (Wildman–Crippen LogP) is 3.74. The fraction of sp³-hybridized carbons (Fsp3) is 0.409. The molecule has 3 rings (SSSR count). The minimum absolute atomic E-state index is 0.140. The first kappa shape index (κ1) is 21.3. The summed E-state index contributed by atoms with van der Waals surface area (Å²) in [5.41, 5.74) is 3.50. The van der Waals surface area contributed by atoms with Crippen molar-refractivity contribution in [1.82, 2.24) is 5.32 Å². The van der Waals surface area contributed by atoms with Gasteiger partial charge < -0.3 is 5.32 Å². The monoisotopic (exact) mass is 418 g/mol. The average molecular weight is 419 g/mol. The highest BCUT2D eigenvalue weighted by Gasteiger charge is 2.31. The number of carbonyl (C=O) groups excluding carboxylic acids is 1. The average Bonchev–Trinajstić information content (AvgIpc) is 2.68. The van der Waals surface area contributed by atoms with Crippen LogP contribution in [0.25, 0.3) is 0 Å². The van der Waals surface area contributed by atoms with E-state index in [9.17, 15) is 17.6 Å². The number of hydrogen-bond acceptors (Lipinski definition) is 3. The Morgan fingerprint density at radius 1 is 1.07 bits per heavy atom. The van der Waals surface area contributed by atoms with Gasteiger partial charge in [0.15, 0.2) is 0 Å². The number of nitrogens with one attached hydrogen (secondary N) is 1. The third-order valence-electron chi connectivity index (χ3n) is 5.41. The van der Waals surface area contributed by atoms with Gasteiger partial charge >= 0.3 is 0 Å². The normalized spacial score (nSPS) is 15.9. The highest BCUT2D eigenvalue weighted by molar-refractivity contribution is 7.92. The van der Waals surface area contributed by atoms with Crippen molar-refractivity contribution in [3.63, 3.8) is 0 Å². The zero-order chi connectivity index (χ0) is 21.2. The van der Waals surface area contributed by atoms with E-state index >= 15 is 0 Å². The summed E-state index contributed by atoms with van der Waals surface area (Å²) in [5.74, 6) is -1.18. The van der Waals surface area contributed by atoms with E-state index in [2.05, 4.69) is 17.4 Å². The zero-order valence-corrected chi connectivity index (χ0v) is 17.8. The van der Waals surface area contributed by atoms with E-state index in [1.54, 1.807) is 0 Å². The Morgan fingerprint density at radius 3 is 2.38 bits per heavy atom. The molecule has 0 aromatic heterocycles. The topological polar surface area (TPSA) is 66.5 Å². The molecule has 2 aromatic carbocycles. The van der Waals surface area contributed by atoms with Crippen LogP contribution in [0.3, 0.4) is 0 Å². The summed E-state index contributed by atoms with van der Waals surface area (Å²) >= 11 is 0. The molecule has 1 aliphatic carbocycles. The van der Waals surface area contributed by atoms with Crippen LogP contribution < -0.4 is 9.62 Å². The molecular formula is C22H27FN2O3S. The van der Waals surface area contributed by atoms with Crippen molar-refractivity contribution >= 4 is 21.6 Å². The highest BCUT2D eigenvalue weighted by atomic mass is 32.2. The quantitative estimate of drug-likeness (QED) is 0.777. The van der Waals surface area contributed by atoms with E-state index in [1.807, 2.05) is 13.0 Å². The molecule has 2 aromatic rings. The molecule has 0 heterocycles. The number of rotatable bonds is 6. The van der Waals surface area contributed by atoms with E-state index in [0.29, 0.717) is 0 Å². The molecule has 0 aliphatic heterocycles. The van der Waals surface area contributed by atoms with E-state index < -0.39 is 27.8 Å². The number of benzene rings is 2. The SMILES string of the molecule is C[C@H](NC(=O)[C@H](C)N(c1ccccc1F)S(C)(=O)=O)c1ccc2c(c1)CCCC2. The number of sulfonamides is 1. The van der Waals surface area contributed by atoms with Crippen molar-refractivity contribution in [3.05, 3.63) is 65.0 Å². The molecule has 7 heteroatoms. The van der Waals surface area contributed by atoms with Gasteiger partial charge in [0.1, 0.15) is 11.9 Å². The fourth-order valence-corrected chi connectivity index (χ4v) is 5.03. The lowest BCUT2D eigenvalue weighted by Gasteiger charge is -2.29. The van der Waals surface area contributed by atoms with Crippen LogP contribution in [-0.4, -0.2) is 26.6 Å². The van der Waals surface area contributed by atoms with E-state index in [0.717, 1.165) is 29.0 Å². The number of para-hydroxylation sites is 1. The molecule has 0 saturated carbocycles. The molecule has 1 aliphatic rings. The zero-order valence-electron chi connectivity index (χ0n) is 17.0. The van der Waals surface area contributed by atoms with Crippen molar-refractivity contribution in [2.24, 2.45) is 0 Å². The molecule has 1 N–H and O–H groups in total. The van der Waals surface area contributed by atoms with Gasteiger partial charge in [-0.2, -0.15) is 0 Å². The number of amides is 1. The largest absolute Gasteiger partial charge is 0.348 e. The number of carbonyl (C=O) groups is 1. The maximum Gasteiger partial charge on any atom is 0.244 e. The van der Waals surface area contributed by atoms with Crippen molar-refractivity contribution in [3.8, 4) is 0 Å². The lowest BCUT2D eigenvalue weighted by molar-refractivity contribution is -0.122. The van der Waals surface area contributed by atoms with Gasteiger partial charge in [-0.15, -0.1) is 0 Å². The summed E-state index contributed by atoms with van der Waals surface area (Å²) in [6.45, 7) is 3.32. The molecule has 0 spiro atoms. The van der Waals surface area contributed by atoms with Crippen LogP contribution in [0.5, 0.6) is 0 Å². The molecule has 0 radical (unpaired) electrons. The minimum Gasteiger partial charge on any atom is -0.348 e. The second-order valence-electron chi connectivity index (χ2n) is 7.65. The summed E-state index contributed by atoms with van der Waals surface area (Å²) in [6, 6.07) is 10.4. The summed E-state index contributed by atoms with van der Waals surface area (Å²) < 4.78 is 39.7. The van der Waals surface area contributed by atoms with Crippen LogP contribution in [0, 0.1) is 5.82 Å². The van der Waals surface area contributed by atoms with Gasteiger partial charge in [0.25, 0.3) is 0 Å². The maximum absolute atomic E-state index is 14.2. The van der Waals surface area contributed by atoms with E-state index in [1.165, 1.54) is 55.2 Å². The van der Waals surface area contributed by atoms with Crippen LogP contribution >= 0.6 is 0 Å². The number of halogens is 1. The first-order chi connectivity index (χ1) is 13.7. The molecule has 2 atom stereocenters. The number of hydrogen-bond donors (Lipinski definition) is 1. The Balaban J connectivity index is 1.80. The standard InChI is InChI=1S/C22H27FN2O3S/c1-15(18-13-12-17-8-4-5-9-19(17)14-18)24-22(26)16(2)25(29(3,27)28)21-11-7-6-10-20(21)23/h6-7,10-16H,4-5,8-9H2,1-3H3,(H,24,26)/t15-,16-/m0/s1. The third kappa shape index (κ3) is 4.78. The first-order valence-corrected chi connectivity index (χ1v) is 11.7. The van der Waals surface area contributed by atoms with Crippen LogP contribution in [0.4, 0.5) is 10.1 Å². The van der Waals surface area contributed by atoms with Gasteiger partial charge in [0.05, 0.1) is 18.0 Å². The van der Waals surface area contributed by atoms with Crippen molar-refractivity contribution in [1.29, 1.82) is 0 Å². The smallest absolute Gasteiger partial charge is 0.244 e. The predicted molar refractivity (Wildman–Crippen MR) is 113 cm³/mol. The number of fused-ring (bicyclic) bond motifs is 1. The maximum atomic E-state index is 14.2. The van der Waals surface area contributed by atoms with Gasteiger partial charge in [0.2, 0.25) is 15.9 Å². The Bertz CT molecular complexity index is 1010. The molecule has 156 valence electrons. The molecule has 0 bridgehead atoms. The third-order valence-corrected chi connectivity index (χ3v) is 6.64. The molecule has 5 nitrogen and oxygen atoms in total. The lowest BCUT2D eigenvalue weighted by Crippen LogP contribution is -2.48. The van der Waals surface area contributed by atoms with Gasteiger partial charge in [-0.05, 0) is 68.4 Å². The second kappa shape index (κ2) is 8.53. The Kier molecular flexibility index (Phi) is 6.27. The van der Waals surface area contributed by atoms with Gasteiger partial charge in [-0.3, -0.25) is 9.10 Å². The second-order valence-corrected chi connectivity index (χ2v) is 9.51. The van der Waals surface area contributed by atoms with Crippen LogP contribution in [0.1, 0.15) is 49.4 Å². The van der Waals surface area contributed by atoms with E-state index in [-0.39, 0.29) is 11.7 Å². The summed E-state index contributed by atoms with van der Waals surface area (Å²) in [4.78, 5) is 12.8. The van der Waals surface area contributed by atoms with Crippen LogP contribution in [-0.2, 0) is 27.7 Å². The number of aryl methyl sites for hydroxylation is 2. The van der Waals surface area contributed by atoms with Crippen molar-refractivity contribution < 1.29 is 17.6 Å². The van der Waals surface area contributed by atoms with Crippen LogP contribution in [0.2, 0.25) is 0 Å². The van der Waals surface area contributed by atoms with E-state index in [4.69, 9.17) is 0 Å². The van der Waals surface area contributed by atoms with Crippen molar-refractivity contribution in [2.45, 2.75) is 51.6 Å². The molecule has 29 heavy (non-hydrogen) atoms. The van der Waals surface area contributed by atoms with Crippen molar-refractivity contribution in [2.75, 3.05) is 10.6 Å². The number of anilines is 1. The van der Waals surface area contributed by atoms with Gasteiger partial charge in [0, 0.05) is 0 Å². The number of nitrogens with zero attached hydrogens (tertiary/aromatic N) is 1. The summed E-state index contributed by atoms with van der Waals surface area (Å²) in [7, 11) is -3.86. The molecule has 0 fully saturated rings. The molecule has 1 amide bonds. The Morgan fingerprint density at radius 2 is 1.72 bits per heavy atom. The minimum atomic E-state index is -3.86.